The first kappa shape index (κ1) is 17.4. The third kappa shape index (κ3) is 2.98. The molecule has 0 aliphatic carbocycles. The highest BCUT2D eigenvalue weighted by molar-refractivity contribution is 6.30. The largest absolute Gasteiger partial charge is 0.465 e. The van der Waals surface area contributed by atoms with Gasteiger partial charge >= 0.3 is 5.97 Å². The van der Waals surface area contributed by atoms with Gasteiger partial charge in [0, 0.05) is 11.7 Å². The summed E-state index contributed by atoms with van der Waals surface area (Å²) >= 11 is 5.70. The van der Waals surface area contributed by atoms with E-state index < -0.39 is 35.3 Å². The van der Waals surface area contributed by atoms with E-state index in [9.17, 15) is 18.4 Å². The van der Waals surface area contributed by atoms with E-state index in [2.05, 4.69) is 10.1 Å². The van der Waals surface area contributed by atoms with Gasteiger partial charge in [-0.15, -0.1) is 0 Å². The molecule has 0 fully saturated rings. The van der Waals surface area contributed by atoms with Crippen LogP contribution in [0.2, 0.25) is 5.02 Å². The van der Waals surface area contributed by atoms with E-state index in [1.165, 1.54) is 12.1 Å². The SMILES string of the molecule is COC(=O)c1cc(F)cc2c1C(=O)C(c1ccc(Cl)c(F)c1)C(C)N2. The molecule has 130 valence electrons. The number of hydrogen-bond acceptors (Lipinski definition) is 4. The first-order valence-electron chi connectivity index (χ1n) is 7.51. The normalized spacial score (nSPS) is 19.2. The number of benzene rings is 2. The molecule has 0 saturated carbocycles. The van der Waals surface area contributed by atoms with Gasteiger partial charge in [0.2, 0.25) is 0 Å². The van der Waals surface area contributed by atoms with E-state index in [0.717, 1.165) is 19.2 Å². The standard InChI is InChI=1S/C18H14ClF2NO3/c1-8-15(9-3-4-12(19)13(21)5-9)17(23)16-11(18(24)25-2)6-10(20)7-14(16)22-8/h3-8,15,22H,1-2H3. The number of esters is 1. The Hall–Kier alpha value is -2.47. The first-order chi connectivity index (χ1) is 11.8. The van der Waals surface area contributed by atoms with Crippen LogP contribution in [0.4, 0.5) is 14.5 Å². The third-order valence-electron chi connectivity index (χ3n) is 4.22. The van der Waals surface area contributed by atoms with Gasteiger partial charge in [-0.1, -0.05) is 17.7 Å². The maximum atomic E-state index is 13.8. The Morgan fingerprint density at radius 1 is 1.24 bits per heavy atom. The van der Waals surface area contributed by atoms with Gasteiger partial charge in [-0.05, 0) is 36.8 Å². The Kier molecular flexibility index (Phi) is 4.47. The molecular formula is C18H14ClF2NO3. The Morgan fingerprint density at radius 2 is 1.96 bits per heavy atom. The number of anilines is 1. The second-order valence-electron chi connectivity index (χ2n) is 5.82. The first-order valence-corrected chi connectivity index (χ1v) is 7.88. The molecular weight excluding hydrogens is 352 g/mol. The van der Waals surface area contributed by atoms with Crippen molar-refractivity contribution in [3.63, 3.8) is 0 Å². The highest BCUT2D eigenvalue weighted by Crippen LogP contribution is 2.37. The summed E-state index contributed by atoms with van der Waals surface area (Å²) in [5, 5.41) is 2.96. The topological polar surface area (TPSA) is 55.4 Å². The van der Waals surface area contributed by atoms with Crippen LogP contribution in [-0.2, 0) is 4.74 Å². The van der Waals surface area contributed by atoms with Crippen molar-refractivity contribution in [3.05, 3.63) is 63.7 Å². The van der Waals surface area contributed by atoms with Crippen LogP contribution in [0, 0.1) is 11.6 Å². The molecule has 3 rings (SSSR count). The molecule has 0 amide bonds. The number of ether oxygens (including phenoxy) is 1. The van der Waals surface area contributed by atoms with Crippen LogP contribution in [0.1, 0.15) is 39.1 Å². The molecule has 1 aliphatic rings. The zero-order valence-corrected chi connectivity index (χ0v) is 14.2. The minimum atomic E-state index is -0.818. The van der Waals surface area contributed by atoms with Gasteiger partial charge in [0.15, 0.2) is 5.78 Å². The zero-order chi connectivity index (χ0) is 18.3. The van der Waals surface area contributed by atoms with Crippen molar-refractivity contribution in [2.45, 2.75) is 18.9 Å². The van der Waals surface area contributed by atoms with Crippen molar-refractivity contribution < 1.29 is 23.1 Å². The van der Waals surface area contributed by atoms with Crippen molar-refractivity contribution in [1.82, 2.24) is 0 Å². The summed E-state index contributed by atoms with van der Waals surface area (Å²) in [5.74, 6) is -3.29. The Bertz CT molecular complexity index is 885. The van der Waals surface area contributed by atoms with Gasteiger partial charge < -0.3 is 10.1 Å². The van der Waals surface area contributed by atoms with E-state index in [4.69, 9.17) is 11.6 Å². The van der Waals surface area contributed by atoms with Gasteiger partial charge in [0.25, 0.3) is 0 Å². The predicted molar refractivity (Wildman–Crippen MR) is 89.3 cm³/mol. The number of rotatable bonds is 2. The fourth-order valence-corrected chi connectivity index (χ4v) is 3.23. The molecule has 2 atom stereocenters. The summed E-state index contributed by atoms with van der Waals surface area (Å²) < 4.78 is 32.3. The molecule has 2 aromatic rings. The van der Waals surface area contributed by atoms with E-state index in [1.54, 1.807) is 13.0 Å². The molecule has 1 aliphatic heterocycles. The van der Waals surface area contributed by atoms with Crippen LogP contribution >= 0.6 is 11.6 Å². The molecule has 4 nitrogen and oxygen atoms in total. The molecule has 1 N–H and O–H groups in total. The lowest BCUT2D eigenvalue weighted by Crippen LogP contribution is -2.37. The fraction of sp³-hybridized carbons (Fsp3) is 0.222. The lowest BCUT2D eigenvalue weighted by atomic mass is 9.80. The Morgan fingerprint density at radius 3 is 2.60 bits per heavy atom. The van der Waals surface area contributed by atoms with E-state index in [-0.39, 0.29) is 21.8 Å². The molecule has 0 bridgehead atoms. The van der Waals surface area contributed by atoms with E-state index >= 15 is 0 Å². The van der Waals surface area contributed by atoms with Crippen LogP contribution in [-0.4, -0.2) is 24.9 Å². The minimum absolute atomic E-state index is 0.0340. The number of carbonyl (C=O) groups is 2. The van der Waals surface area contributed by atoms with Crippen LogP contribution in [0.3, 0.4) is 0 Å². The summed E-state index contributed by atoms with van der Waals surface area (Å²) in [4.78, 5) is 25.0. The maximum Gasteiger partial charge on any atom is 0.338 e. The number of methoxy groups -OCH3 is 1. The lowest BCUT2D eigenvalue weighted by Gasteiger charge is -2.32. The number of Topliss-reactive ketones (excluding diaryl/α,β-unsaturated/α-hetero) is 1. The van der Waals surface area contributed by atoms with Crippen molar-refractivity contribution in [2.75, 3.05) is 12.4 Å². The third-order valence-corrected chi connectivity index (χ3v) is 4.53. The number of hydrogen-bond donors (Lipinski definition) is 1. The van der Waals surface area contributed by atoms with Crippen LogP contribution in [0.5, 0.6) is 0 Å². The molecule has 1 heterocycles. The zero-order valence-electron chi connectivity index (χ0n) is 13.4. The highest BCUT2D eigenvalue weighted by atomic mass is 35.5. The van der Waals surface area contributed by atoms with Crippen molar-refractivity contribution in [2.24, 2.45) is 0 Å². The predicted octanol–water partition coefficient (Wildman–Crippen LogP) is 4.19. The smallest absolute Gasteiger partial charge is 0.338 e. The second-order valence-corrected chi connectivity index (χ2v) is 6.22. The fourth-order valence-electron chi connectivity index (χ4n) is 3.11. The van der Waals surface area contributed by atoms with Gasteiger partial charge in [0.1, 0.15) is 11.6 Å². The average Bonchev–Trinajstić information content (AvgIpc) is 2.56. The van der Waals surface area contributed by atoms with Crippen molar-refractivity contribution in [1.29, 1.82) is 0 Å². The van der Waals surface area contributed by atoms with E-state index in [0.29, 0.717) is 5.56 Å². The van der Waals surface area contributed by atoms with Crippen molar-refractivity contribution >= 4 is 29.0 Å². The number of halogens is 3. The van der Waals surface area contributed by atoms with Gasteiger partial charge in [-0.25, -0.2) is 13.6 Å². The Balaban J connectivity index is 2.15. The molecule has 2 aromatic carbocycles. The van der Waals surface area contributed by atoms with E-state index in [1.807, 2.05) is 0 Å². The van der Waals surface area contributed by atoms with Gasteiger partial charge in [0.05, 0.1) is 29.2 Å². The number of fused-ring (bicyclic) bond motifs is 1. The van der Waals surface area contributed by atoms with Crippen molar-refractivity contribution in [3.8, 4) is 0 Å². The summed E-state index contributed by atoms with van der Waals surface area (Å²) in [6.45, 7) is 1.72. The Labute approximate surface area is 147 Å². The molecule has 0 radical (unpaired) electrons. The summed E-state index contributed by atoms with van der Waals surface area (Å²) in [6.07, 6.45) is 0. The van der Waals surface area contributed by atoms with Crippen LogP contribution < -0.4 is 5.32 Å². The van der Waals surface area contributed by atoms with Crippen LogP contribution in [0.15, 0.2) is 30.3 Å². The monoisotopic (exact) mass is 365 g/mol. The molecule has 7 heteroatoms. The average molecular weight is 366 g/mol. The second kappa shape index (κ2) is 6.44. The molecule has 0 saturated heterocycles. The number of ketones is 1. The van der Waals surface area contributed by atoms with Crippen LogP contribution in [0.25, 0.3) is 0 Å². The summed E-state index contributed by atoms with van der Waals surface area (Å²) in [5.41, 5.74) is 0.495. The highest BCUT2D eigenvalue weighted by Gasteiger charge is 2.37. The van der Waals surface area contributed by atoms with Gasteiger partial charge in [-0.3, -0.25) is 4.79 Å². The quantitative estimate of drug-likeness (QED) is 0.811. The van der Waals surface area contributed by atoms with Gasteiger partial charge in [-0.2, -0.15) is 0 Å². The summed E-state index contributed by atoms with van der Waals surface area (Å²) in [7, 11) is 1.15. The molecule has 2 unspecified atom stereocenters. The minimum Gasteiger partial charge on any atom is -0.465 e. The molecule has 0 spiro atoms. The maximum absolute atomic E-state index is 13.8. The molecule has 25 heavy (non-hydrogen) atoms. The number of carbonyl (C=O) groups excluding carboxylic acids is 2. The lowest BCUT2D eigenvalue weighted by molar-refractivity contribution is 0.0595. The summed E-state index contributed by atoms with van der Waals surface area (Å²) in [6, 6.07) is 5.78. The molecule has 0 aromatic heterocycles. The number of nitrogens with one attached hydrogen (secondary N) is 1.